The van der Waals surface area contributed by atoms with Gasteiger partial charge in [-0.2, -0.15) is 5.10 Å². The molecule has 0 bridgehead atoms. The van der Waals surface area contributed by atoms with Gasteiger partial charge in [-0.25, -0.2) is 4.68 Å². The first-order chi connectivity index (χ1) is 9.78. The van der Waals surface area contributed by atoms with Crippen LogP contribution in [0.1, 0.15) is 31.0 Å². The summed E-state index contributed by atoms with van der Waals surface area (Å²) in [5.74, 6) is 0. The Labute approximate surface area is 120 Å². The summed E-state index contributed by atoms with van der Waals surface area (Å²) in [6.07, 6.45) is 5.75. The standard InChI is InChI=1S/C18H20N2/c1-3-4-7-17-13-20(19-14(17)2)18-11-10-15-8-5-6-9-16(15)12-18/h5-6,8-13H,3-4,7H2,1-2H3. The summed E-state index contributed by atoms with van der Waals surface area (Å²) in [6.45, 7) is 4.33. The van der Waals surface area contributed by atoms with Crippen LogP contribution in [0.3, 0.4) is 0 Å². The van der Waals surface area contributed by atoms with Crippen LogP contribution in [0.5, 0.6) is 0 Å². The second-order valence-corrected chi connectivity index (χ2v) is 5.32. The zero-order valence-corrected chi connectivity index (χ0v) is 12.1. The van der Waals surface area contributed by atoms with Crippen molar-refractivity contribution in [1.29, 1.82) is 0 Å². The Hall–Kier alpha value is -2.09. The lowest BCUT2D eigenvalue weighted by molar-refractivity contribution is 0.791. The maximum atomic E-state index is 4.66. The fourth-order valence-corrected chi connectivity index (χ4v) is 2.56. The summed E-state index contributed by atoms with van der Waals surface area (Å²) in [5.41, 5.74) is 3.64. The van der Waals surface area contributed by atoms with E-state index in [-0.39, 0.29) is 0 Å². The highest BCUT2D eigenvalue weighted by Gasteiger charge is 2.06. The number of hydrogen-bond acceptors (Lipinski definition) is 1. The quantitative estimate of drug-likeness (QED) is 0.669. The normalized spacial score (nSPS) is 11.1. The molecule has 0 aliphatic heterocycles. The number of hydrogen-bond donors (Lipinski definition) is 0. The molecule has 1 heterocycles. The molecule has 2 aromatic carbocycles. The third kappa shape index (κ3) is 2.46. The minimum absolute atomic E-state index is 1.12. The fraction of sp³-hybridized carbons (Fsp3) is 0.278. The lowest BCUT2D eigenvalue weighted by atomic mass is 10.1. The molecule has 0 aliphatic carbocycles. The first-order valence-corrected chi connectivity index (χ1v) is 7.32. The van der Waals surface area contributed by atoms with Gasteiger partial charge in [0.2, 0.25) is 0 Å². The van der Waals surface area contributed by atoms with Gasteiger partial charge in [0.1, 0.15) is 0 Å². The van der Waals surface area contributed by atoms with Crippen molar-refractivity contribution in [3.05, 3.63) is 59.9 Å². The van der Waals surface area contributed by atoms with Gasteiger partial charge < -0.3 is 0 Å². The molecule has 0 N–H and O–H groups in total. The van der Waals surface area contributed by atoms with Gasteiger partial charge >= 0.3 is 0 Å². The van der Waals surface area contributed by atoms with E-state index in [9.17, 15) is 0 Å². The average molecular weight is 264 g/mol. The zero-order chi connectivity index (χ0) is 13.9. The van der Waals surface area contributed by atoms with Crippen LogP contribution in [-0.2, 0) is 6.42 Å². The molecule has 0 atom stereocenters. The van der Waals surface area contributed by atoms with Crippen LogP contribution in [-0.4, -0.2) is 9.78 Å². The number of nitrogens with zero attached hydrogens (tertiary/aromatic N) is 2. The molecule has 0 saturated heterocycles. The Balaban J connectivity index is 1.98. The SMILES string of the molecule is CCCCc1cn(-c2ccc3ccccc3c2)nc1C. The van der Waals surface area contributed by atoms with Crippen molar-refractivity contribution in [3.8, 4) is 5.69 Å². The van der Waals surface area contributed by atoms with E-state index in [4.69, 9.17) is 0 Å². The third-order valence-electron chi connectivity index (χ3n) is 3.80. The van der Waals surface area contributed by atoms with Crippen LogP contribution in [0, 0.1) is 6.92 Å². The summed E-state index contributed by atoms with van der Waals surface area (Å²) in [5, 5.41) is 7.18. The van der Waals surface area contributed by atoms with Crippen LogP contribution < -0.4 is 0 Å². The van der Waals surface area contributed by atoms with Gasteiger partial charge in [0.25, 0.3) is 0 Å². The number of aryl methyl sites for hydroxylation is 2. The molecule has 0 fully saturated rings. The Kier molecular flexibility index (Phi) is 3.55. The largest absolute Gasteiger partial charge is 0.240 e. The molecule has 3 aromatic rings. The number of unbranched alkanes of at least 4 members (excludes halogenated alkanes) is 1. The van der Waals surface area contributed by atoms with Gasteiger partial charge in [-0.1, -0.05) is 43.7 Å². The second kappa shape index (κ2) is 5.49. The predicted molar refractivity (Wildman–Crippen MR) is 84.4 cm³/mol. The van der Waals surface area contributed by atoms with E-state index in [1.54, 1.807) is 0 Å². The molecular weight excluding hydrogens is 244 g/mol. The minimum atomic E-state index is 1.12. The van der Waals surface area contributed by atoms with E-state index in [0.717, 1.165) is 17.8 Å². The molecule has 1 aromatic heterocycles. The molecule has 0 amide bonds. The van der Waals surface area contributed by atoms with Crippen molar-refractivity contribution in [2.75, 3.05) is 0 Å². The maximum Gasteiger partial charge on any atom is 0.0652 e. The summed E-state index contributed by atoms with van der Waals surface area (Å²) >= 11 is 0. The van der Waals surface area contributed by atoms with Crippen molar-refractivity contribution in [3.63, 3.8) is 0 Å². The summed E-state index contributed by atoms with van der Waals surface area (Å²) in [7, 11) is 0. The van der Waals surface area contributed by atoms with Crippen molar-refractivity contribution in [1.82, 2.24) is 9.78 Å². The van der Waals surface area contributed by atoms with Gasteiger partial charge in [0.05, 0.1) is 11.4 Å². The van der Waals surface area contributed by atoms with Crippen LogP contribution in [0.15, 0.2) is 48.7 Å². The van der Waals surface area contributed by atoms with E-state index < -0.39 is 0 Å². The van der Waals surface area contributed by atoms with Crippen LogP contribution in [0.4, 0.5) is 0 Å². The highest BCUT2D eigenvalue weighted by atomic mass is 15.3. The van der Waals surface area contributed by atoms with Gasteiger partial charge in [0.15, 0.2) is 0 Å². The van der Waals surface area contributed by atoms with E-state index >= 15 is 0 Å². The molecule has 20 heavy (non-hydrogen) atoms. The Morgan fingerprint density at radius 2 is 1.85 bits per heavy atom. The van der Waals surface area contributed by atoms with Crippen LogP contribution in [0.2, 0.25) is 0 Å². The van der Waals surface area contributed by atoms with Crippen LogP contribution in [0.25, 0.3) is 16.5 Å². The number of aromatic nitrogens is 2. The topological polar surface area (TPSA) is 17.8 Å². The molecule has 0 unspecified atom stereocenters. The first-order valence-electron chi connectivity index (χ1n) is 7.32. The molecule has 3 rings (SSSR count). The predicted octanol–water partition coefficient (Wildman–Crippen LogP) is 4.68. The van der Waals surface area contributed by atoms with Crippen molar-refractivity contribution < 1.29 is 0 Å². The summed E-state index contributed by atoms with van der Waals surface area (Å²) in [4.78, 5) is 0. The number of rotatable bonds is 4. The summed E-state index contributed by atoms with van der Waals surface area (Å²) in [6, 6.07) is 14.9. The smallest absolute Gasteiger partial charge is 0.0652 e. The molecule has 0 aliphatic rings. The Morgan fingerprint density at radius 3 is 2.65 bits per heavy atom. The minimum Gasteiger partial charge on any atom is -0.240 e. The summed E-state index contributed by atoms with van der Waals surface area (Å²) < 4.78 is 2.01. The highest BCUT2D eigenvalue weighted by Crippen LogP contribution is 2.19. The third-order valence-corrected chi connectivity index (χ3v) is 3.80. The second-order valence-electron chi connectivity index (χ2n) is 5.32. The van der Waals surface area contributed by atoms with E-state index in [0.29, 0.717) is 0 Å². The van der Waals surface area contributed by atoms with Crippen LogP contribution >= 0.6 is 0 Å². The van der Waals surface area contributed by atoms with Gasteiger partial charge in [-0.05, 0) is 48.2 Å². The monoisotopic (exact) mass is 264 g/mol. The van der Waals surface area contributed by atoms with Gasteiger partial charge in [-0.15, -0.1) is 0 Å². The van der Waals surface area contributed by atoms with E-state index in [1.807, 2.05) is 4.68 Å². The van der Waals surface area contributed by atoms with E-state index in [1.165, 1.54) is 29.2 Å². The number of benzene rings is 2. The molecule has 2 nitrogen and oxygen atoms in total. The lowest BCUT2D eigenvalue weighted by Gasteiger charge is -2.03. The average Bonchev–Trinajstić information content (AvgIpc) is 2.86. The van der Waals surface area contributed by atoms with E-state index in [2.05, 4.69) is 67.6 Å². The maximum absolute atomic E-state index is 4.66. The van der Waals surface area contributed by atoms with Crippen molar-refractivity contribution in [2.24, 2.45) is 0 Å². The van der Waals surface area contributed by atoms with Crippen molar-refractivity contribution in [2.45, 2.75) is 33.1 Å². The Morgan fingerprint density at radius 1 is 1.05 bits per heavy atom. The van der Waals surface area contributed by atoms with Gasteiger partial charge in [-0.3, -0.25) is 0 Å². The molecule has 2 heteroatoms. The molecular formula is C18H20N2. The molecule has 102 valence electrons. The highest BCUT2D eigenvalue weighted by molar-refractivity contribution is 5.84. The number of fused-ring (bicyclic) bond motifs is 1. The zero-order valence-electron chi connectivity index (χ0n) is 12.1. The molecule has 0 radical (unpaired) electrons. The lowest BCUT2D eigenvalue weighted by Crippen LogP contribution is -1.94. The van der Waals surface area contributed by atoms with Gasteiger partial charge in [0, 0.05) is 6.20 Å². The fourth-order valence-electron chi connectivity index (χ4n) is 2.56. The Bertz CT molecular complexity index is 725. The van der Waals surface area contributed by atoms with Crippen molar-refractivity contribution >= 4 is 10.8 Å². The molecule has 0 saturated carbocycles. The molecule has 0 spiro atoms. The first kappa shape index (κ1) is 12.9.